The van der Waals surface area contributed by atoms with E-state index in [1.165, 1.54) is 0 Å². The van der Waals surface area contributed by atoms with Crippen LogP contribution in [0.4, 0.5) is 0 Å². The molecule has 0 saturated heterocycles. The van der Waals surface area contributed by atoms with E-state index < -0.39 is 0 Å². The van der Waals surface area contributed by atoms with Crippen LogP contribution < -0.4 is 5.32 Å². The summed E-state index contributed by atoms with van der Waals surface area (Å²) >= 11 is 0. The van der Waals surface area contributed by atoms with Gasteiger partial charge in [0, 0.05) is 23.2 Å². The second-order valence-electron chi connectivity index (χ2n) is 4.89. The second-order valence-corrected chi connectivity index (χ2v) is 4.89. The molecule has 100 valence electrons. The Morgan fingerprint density at radius 2 is 1.85 bits per heavy atom. The molecule has 0 atom stereocenters. The molecule has 0 unspecified atom stereocenters. The van der Waals surface area contributed by atoms with Crippen molar-refractivity contribution in [1.82, 2.24) is 5.32 Å². The topological polar surface area (TPSA) is 46.2 Å². The van der Waals surface area contributed by atoms with E-state index in [2.05, 4.69) is 5.32 Å². The first kappa shape index (κ1) is 12.6. The monoisotopic (exact) mass is 265 g/mol. The van der Waals surface area contributed by atoms with Gasteiger partial charge >= 0.3 is 0 Å². The summed E-state index contributed by atoms with van der Waals surface area (Å²) in [6.45, 7) is 2.48. The van der Waals surface area contributed by atoms with E-state index in [0.717, 1.165) is 16.7 Å². The fraction of sp³-hybridized carbons (Fsp3) is 0.176. The van der Waals surface area contributed by atoms with Crippen molar-refractivity contribution in [3.05, 3.63) is 70.3 Å². The van der Waals surface area contributed by atoms with Gasteiger partial charge in [-0.2, -0.15) is 0 Å². The molecule has 0 fully saturated rings. The third-order valence-electron chi connectivity index (χ3n) is 3.59. The fourth-order valence-electron chi connectivity index (χ4n) is 2.61. The predicted molar refractivity (Wildman–Crippen MR) is 77.1 cm³/mol. The molecule has 3 nitrogen and oxygen atoms in total. The molecule has 1 aliphatic rings. The molecule has 2 aromatic carbocycles. The lowest BCUT2D eigenvalue weighted by atomic mass is 9.84. The van der Waals surface area contributed by atoms with Gasteiger partial charge in [0.05, 0.1) is 0 Å². The molecule has 0 radical (unpaired) electrons. The third kappa shape index (κ3) is 2.01. The zero-order chi connectivity index (χ0) is 14.1. The van der Waals surface area contributed by atoms with E-state index in [-0.39, 0.29) is 11.7 Å². The number of ketones is 1. The zero-order valence-electron chi connectivity index (χ0n) is 11.3. The molecule has 3 rings (SSSR count). The standard InChI is InChI=1S/C17H15NO2/c1-2-18-17(20)12-7-8-15-13(10-12)9-11-5-3-4-6-14(11)16(15)19/h3-8,10H,2,9H2,1H3,(H,18,20). The van der Waals surface area contributed by atoms with Crippen molar-refractivity contribution in [3.8, 4) is 0 Å². The first-order chi connectivity index (χ1) is 9.70. The Morgan fingerprint density at radius 1 is 1.10 bits per heavy atom. The van der Waals surface area contributed by atoms with E-state index in [0.29, 0.717) is 24.1 Å². The van der Waals surface area contributed by atoms with Crippen LogP contribution in [-0.4, -0.2) is 18.2 Å². The smallest absolute Gasteiger partial charge is 0.251 e. The van der Waals surface area contributed by atoms with Crippen LogP contribution in [0.2, 0.25) is 0 Å². The number of nitrogens with one attached hydrogen (secondary N) is 1. The van der Waals surface area contributed by atoms with Gasteiger partial charge in [0.1, 0.15) is 0 Å². The molecular weight excluding hydrogens is 250 g/mol. The average molecular weight is 265 g/mol. The minimum Gasteiger partial charge on any atom is -0.352 e. The minimum absolute atomic E-state index is 0.0456. The molecule has 0 heterocycles. The van der Waals surface area contributed by atoms with Crippen LogP contribution in [-0.2, 0) is 6.42 Å². The molecule has 0 aromatic heterocycles. The van der Waals surface area contributed by atoms with Gasteiger partial charge in [-0.1, -0.05) is 24.3 Å². The average Bonchev–Trinajstić information content (AvgIpc) is 2.47. The molecule has 3 heteroatoms. The van der Waals surface area contributed by atoms with Crippen LogP contribution >= 0.6 is 0 Å². The zero-order valence-corrected chi connectivity index (χ0v) is 11.3. The SMILES string of the molecule is CCNC(=O)c1ccc2c(c1)Cc1ccccc1C2=O. The maximum absolute atomic E-state index is 12.4. The third-order valence-corrected chi connectivity index (χ3v) is 3.59. The number of benzene rings is 2. The van der Waals surface area contributed by atoms with Crippen LogP contribution in [0.3, 0.4) is 0 Å². The Kier molecular flexibility index (Phi) is 3.11. The molecule has 20 heavy (non-hydrogen) atoms. The van der Waals surface area contributed by atoms with E-state index >= 15 is 0 Å². The molecule has 0 bridgehead atoms. The minimum atomic E-state index is -0.0957. The Balaban J connectivity index is 2.03. The lowest BCUT2D eigenvalue weighted by molar-refractivity contribution is 0.0954. The van der Waals surface area contributed by atoms with Crippen molar-refractivity contribution < 1.29 is 9.59 Å². The van der Waals surface area contributed by atoms with Crippen LogP contribution in [0.5, 0.6) is 0 Å². The number of amides is 1. The Labute approximate surface area is 117 Å². The lowest BCUT2D eigenvalue weighted by Gasteiger charge is -2.19. The number of hydrogen-bond donors (Lipinski definition) is 1. The second kappa shape index (κ2) is 4.93. The van der Waals surface area contributed by atoms with Crippen LogP contribution in [0, 0.1) is 0 Å². The van der Waals surface area contributed by atoms with Gasteiger partial charge in [0.2, 0.25) is 0 Å². The number of carbonyl (C=O) groups is 2. The number of carbonyl (C=O) groups excluding carboxylic acids is 2. The van der Waals surface area contributed by atoms with E-state index in [1.54, 1.807) is 12.1 Å². The van der Waals surface area contributed by atoms with Crippen LogP contribution in [0.15, 0.2) is 42.5 Å². The van der Waals surface area contributed by atoms with Crippen molar-refractivity contribution >= 4 is 11.7 Å². The lowest BCUT2D eigenvalue weighted by Crippen LogP contribution is -2.23. The van der Waals surface area contributed by atoms with Gasteiger partial charge in [-0.05, 0) is 42.7 Å². The van der Waals surface area contributed by atoms with Gasteiger partial charge in [-0.25, -0.2) is 0 Å². The maximum atomic E-state index is 12.4. The Hall–Kier alpha value is -2.42. The highest BCUT2D eigenvalue weighted by atomic mass is 16.1. The predicted octanol–water partition coefficient (Wildman–Crippen LogP) is 2.57. The van der Waals surface area contributed by atoms with E-state index in [9.17, 15) is 9.59 Å². The molecule has 0 aliphatic heterocycles. The van der Waals surface area contributed by atoms with Gasteiger partial charge in [0.25, 0.3) is 5.91 Å². The van der Waals surface area contributed by atoms with Gasteiger partial charge in [0.15, 0.2) is 5.78 Å². The number of rotatable bonds is 2. The summed E-state index contributed by atoms with van der Waals surface area (Å²) in [5.41, 5.74) is 4.04. The van der Waals surface area contributed by atoms with Crippen molar-refractivity contribution in [2.24, 2.45) is 0 Å². The van der Waals surface area contributed by atoms with Crippen molar-refractivity contribution in [2.45, 2.75) is 13.3 Å². The molecule has 1 amide bonds. The highest BCUT2D eigenvalue weighted by Gasteiger charge is 2.23. The van der Waals surface area contributed by atoms with Crippen LogP contribution in [0.1, 0.15) is 44.3 Å². The summed E-state index contributed by atoms with van der Waals surface area (Å²) in [5.74, 6) is -0.0501. The summed E-state index contributed by atoms with van der Waals surface area (Å²) in [4.78, 5) is 24.3. The first-order valence-electron chi connectivity index (χ1n) is 6.74. The largest absolute Gasteiger partial charge is 0.352 e. The van der Waals surface area contributed by atoms with Gasteiger partial charge in [-0.3, -0.25) is 9.59 Å². The Morgan fingerprint density at radius 3 is 2.65 bits per heavy atom. The van der Waals surface area contributed by atoms with E-state index in [4.69, 9.17) is 0 Å². The summed E-state index contributed by atoms with van der Waals surface area (Å²) in [6.07, 6.45) is 0.699. The fourth-order valence-corrected chi connectivity index (χ4v) is 2.61. The Bertz CT molecular complexity index is 704. The molecule has 0 saturated carbocycles. The molecular formula is C17H15NO2. The van der Waals surface area contributed by atoms with Gasteiger partial charge < -0.3 is 5.32 Å². The highest BCUT2D eigenvalue weighted by Crippen LogP contribution is 2.27. The normalized spacial score (nSPS) is 12.6. The highest BCUT2D eigenvalue weighted by molar-refractivity contribution is 6.12. The van der Waals surface area contributed by atoms with Crippen molar-refractivity contribution in [1.29, 1.82) is 0 Å². The van der Waals surface area contributed by atoms with Gasteiger partial charge in [-0.15, -0.1) is 0 Å². The summed E-state index contributed by atoms with van der Waals surface area (Å²) < 4.78 is 0. The maximum Gasteiger partial charge on any atom is 0.251 e. The first-order valence-corrected chi connectivity index (χ1v) is 6.74. The van der Waals surface area contributed by atoms with Crippen molar-refractivity contribution in [2.75, 3.05) is 6.54 Å². The number of hydrogen-bond acceptors (Lipinski definition) is 2. The summed E-state index contributed by atoms with van der Waals surface area (Å²) in [6, 6.07) is 12.9. The molecule has 1 aliphatic carbocycles. The number of fused-ring (bicyclic) bond motifs is 2. The van der Waals surface area contributed by atoms with Crippen LogP contribution in [0.25, 0.3) is 0 Å². The molecule has 2 aromatic rings. The summed E-state index contributed by atoms with van der Waals surface area (Å²) in [5, 5.41) is 2.78. The van der Waals surface area contributed by atoms with E-state index in [1.807, 2.05) is 37.3 Å². The summed E-state index contributed by atoms with van der Waals surface area (Å²) in [7, 11) is 0. The molecule has 0 spiro atoms. The molecule has 1 N–H and O–H groups in total. The quantitative estimate of drug-likeness (QED) is 0.774. The van der Waals surface area contributed by atoms with Crippen molar-refractivity contribution in [3.63, 3.8) is 0 Å².